The fourth-order valence-corrected chi connectivity index (χ4v) is 1.97. The summed E-state index contributed by atoms with van der Waals surface area (Å²) in [6, 6.07) is -0.377. The van der Waals surface area contributed by atoms with Crippen LogP contribution in [0.2, 0.25) is 0 Å². The van der Waals surface area contributed by atoms with E-state index in [1.54, 1.807) is 32.8 Å². The number of piperazine rings is 1. The van der Waals surface area contributed by atoms with Crippen molar-refractivity contribution < 1.29 is 14.3 Å². The Balaban J connectivity index is 2.60. The molecule has 1 N–H and O–H groups in total. The number of methoxy groups -OCH3 is 1. The second-order valence-electron chi connectivity index (χ2n) is 4.99. The van der Waals surface area contributed by atoms with Gasteiger partial charge < -0.3 is 15.0 Å². The van der Waals surface area contributed by atoms with Gasteiger partial charge in [-0.1, -0.05) is 0 Å². The lowest BCUT2D eigenvalue weighted by atomic mass is 9.97. The summed E-state index contributed by atoms with van der Waals surface area (Å²) in [6.45, 7) is 6.54. The molecule has 2 amide bonds. The summed E-state index contributed by atoms with van der Waals surface area (Å²) in [5, 5.41) is 2.73. The van der Waals surface area contributed by atoms with Crippen molar-refractivity contribution in [3.05, 3.63) is 0 Å². The lowest BCUT2D eigenvalue weighted by molar-refractivity contribution is -0.152. The van der Waals surface area contributed by atoms with Crippen LogP contribution in [0.3, 0.4) is 0 Å². The molecule has 1 rings (SSSR count). The van der Waals surface area contributed by atoms with E-state index >= 15 is 0 Å². The van der Waals surface area contributed by atoms with Crippen molar-refractivity contribution in [1.29, 1.82) is 0 Å². The minimum absolute atomic E-state index is 0.0120. The summed E-state index contributed by atoms with van der Waals surface area (Å²) in [5.74, 6) is -0.0941. The van der Waals surface area contributed by atoms with Crippen LogP contribution in [-0.4, -0.2) is 48.6 Å². The van der Waals surface area contributed by atoms with Gasteiger partial charge >= 0.3 is 0 Å². The lowest BCUT2D eigenvalue weighted by Gasteiger charge is -2.41. The van der Waals surface area contributed by atoms with Crippen LogP contribution in [0.25, 0.3) is 0 Å². The maximum Gasteiger partial charge on any atom is 0.248 e. The molecule has 1 aliphatic rings. The minimum atomic E-state index is -0.787. The first-order chi connectivity index (χ1) is 7.90. The highest BCUT2D eigenvalue weighted by Gasteiger charge is 2.42. The maximum atomic E-state index is 12.1. The van der Waals surface area contributed by atoms with E-state index in [1.165, 1.54) is 0 Å². The van der Waals surface area contributed by atoms with Crippen molar-refractivity contribution in [3.8, 4) is 0 Å². The van der Waals surface area contributed by atoms with Crippen LogP contribution in [0.5, 0.6) is 0 Å². The topological polar surface area (TPSA) is 58.6 Å². The first-order valence-electron chi connectivity index (χ1n) is 6.02. The predicted octanol–water partition coefficient (Wildman–Crippen LogP) is 0.539. The normalized spacial score (nSPS) is 23.8. The third-order valence-corrected chi connectivity index (χ3v) is 3.08. The van der Waals surface area contributed by atoms with Gasteiger partial charge in [0.2, 0.25) is 11.8 Å². The monoisotopic (exact) mass is 242 g/mol. The molecule has 0 saturated carbocycles. The van der Waals surface area contributed by atoms with Gasteiger partial charge in [-0.25, -0.2) is 0 Å². The molecule has 0 aliphatic carbocycles. The molecule has 0 aromatic carbocycles. The summed E-state index contributed by atoms with van der Waals surface area (Å²) in [6.07, 6.45) is 1.75. The van der Waals surface area contributed by atoms with E-state index in [2.05, 4.69) is 5.32 Å². The average Bonchev–Trinajstić information content (AvgIpc) is 2.25. The second-order valence-corrected chi connectivity index (χ2v) is 4.99. The molecule has 0 radical (unpaired) electrons. The molecule has 5 nitrogen and oxygen atoms in total. The number of nitrogens with zero attached hydrogens (tertiary/aromatic N) is 1. The predicted molar refractivity (Wildman–Crippen MR) is 64.5 cm³/mol. The number of unbranched alkanes of at least 4 members (excludes halogenated alkanes) is 1. The SMILES string of the molecule is COCCCCN1C(=O)C(C)(C)NC(=O)C1C. The van der Waals surface area contributed by atoms with Gasteiger partial charge in [-0.3, -0.25) is 9.59 Å². The van der Waals surface area contributed by atoms with Crippen molar-refractivity contribution in [2.75, 3.05) is 20.3 Å². The number of ether oxygens (including phenoxy) is 1. The molecular formula is C12H22N2O3. The largest absolute Gasteiger partial charge is 0.385 e. The Morgan fingerprint density at radius 1 is 1.35 bits per heavy atom. The van der Waals surface area contributed by atoms with Crippen LogP contribution in [0.1, 0.15) is 33.6 Å². The Morgan fingerprint density at radius 2 is 2.00 bits per heavy atom. The van der Waals surface area contributed by atoms with Crippen molar-refractivity contribution in [2.24, 2.45) is 0 Å². The van der Waals surface area contributed by atoms with Gasteiger partial charge in [-0.05, 0) is 33.6 Å². The molecule has 0 spiro atoms. The molecule has 1 aliphatic heterocycles. The van der Waals surface area contributed by atoms with Crippen molar-refractivity contribution >= 4 is 11.8 Å². The smallest absolute Gasteiger partial charge is 0.248 e. The van der Waals surface area contributed by atoms with Gasteiger partial charge in [0.25, 0.3) is 0 Å². The molecular weight excluding hydrogens is 220 g/mol. The molecule has 0 aromatic heterocycles. The summed E-state index contributed by atoms with van der Waals surface area (Å²) < 4.78 is 4.96. The van der Waals surface area contributed by atoms with Gasteiger partial charge in [0.1, 0.15) is 11.6 Å². The maximum absolute atomic E-state index is 12.1. The highest BCUT2D eigenvalue weighted by Crippen LogP contribution is 2.18. The Labute approximate surface area is 102 Å². The van der Waals surface area contributed by atoms with E-state index in [0.29, 0.717) is 13.2 Å². The first-order valence-corrected chi connectivity index (χ1v) is 6.02. The molecule has 0 aromatic rings. The Bertz CT molecular complexity index is 302. The number of carbonyl (C=O) groups is 2. The van der Waals surface area contributed by atoms with E-state index in [-0.39, 0.29) is 17.9 Å². The van der Waals surface area contributed by atoms with E-state index < -0.39 is 5.54 Å². The van der Waals surface area contributed by atoms with Gasteiger partial charge in [0.05, 0.1) is 0 Å². The molecule has 1 fully saturated rings. The third-order valence-electron chi connectivity index (χ3n) is 3.08. The summed E-state index contributed by atoms with van der Waals surface area (Å²) >= 11 is 0. The van der Waals surface area contributed by atoms with E-state index in [4.69, 9.17) is 4.74 Å². The zero-order valence-electron chi connectivity index (χ0n) is 11.1. The number of hydrogen-bond acceptors (Lipinski definition) is 3. The zero-order chi connectivity index (χ0) is 13.1. The summed E-state index contributed by atoms with van der Waals surface area (Å²) in [7, 11) is 1.66. The Kier molecular flexibility index (Phi) is 4.51. The third kappa shape index (κ3) is 3.19. The van der Waals surface area contributed by atoms with Crippen molar-refractivity contribution in [2.45, 2.75) is 45.2 Å². The van der Waals surface area contributed by atoms with E-state index in [1.807, 2.05) is 0 Å². The number of nitrogens with one attached hydrogen (secondary N) is 1. The number of amides is 2. The molecule has 1 heterocycles. The van der Waals surface area contributed by atoms with Gasteiger partial charge in [0, 0.05) is 20.3 Å². The molecule has 98 valence electrons. The average molecular weight is 242 g/mol. The molecule has 1 unspecified atom stereocenters. The van der Waals surface area contributed by atoms with Crippen LogP contribution in [-0.2, 0) is 14.3 Å². The minimum Gasteiger partial charge on any atom is -0.385 e. The quantitative estimate of drug-likeness (QED) is 0.716. The van der Waals surface area contributed by atoms with Crippen molar-refractivity contribution in [1.82, 2.24) is 10.2 Å². The van der Waals surface area contributed by atoms with Gasteiger partial charge in [0.15, 0.2) is 0 Å². The van der Waals surface area contributed by atoms with Gasteiger partial charge in [-0.2, -0.15) is 0 Å². The van der Waals surface area contributed by atoms with Crippen LogP contribution >= 0.6 is 0 Å². The van der Waals surface area contributed by atoms with Gasteiger partial charge in [-0.15, -0.1) is 0 Å². The zero-order valence-corrected chi connectivity index (χ0v) is 11.1. The van der Waals surface area contributed by atoms with Crippen LogP contribution < -0.4 is 5.32 Å². The van der Waals surface area contributed by atoms with E-state index in [9.17, 15) is 9.59 Å². The fraction of sp³-hybridized carbons (Fsp3) is 0.833. The second kappa shape index (κ2) is 5.49. The van der Waals surface area contributed by atoms with E-state index in [0.717, 1.165) is 12.8 Å². The molecule has 17 heavy (non-hydrogen) atoms. The van der Waals surface area contributed by atoms with Crippen LogP contribution in [0.15, 0.2) is 0 Å². The Hall–Kier alpha value is -1.10. The van der Waals surface area contributed by atoms with Crippen molar-refractivity contribution in [3.63, 3.8) is 0 Å². The first kappa shape index (κ1) is 14.0. The molecule has 5 heteroatoms. The molecule has 0 bridgehead atoms. The van der Waals surface area contributed by atoms with Crippen LogP contribution in [0, 0.1) is 0 Å². The molecule has 1 atom stereocenters. The van der Waals surface area contributed by atoms with Crippen LogP contribution in [0.4, 0.5) is 0 Å². The number of carbonyl (C=O) groups excluding carboxylic acids is 2. The number of hydrogen-bond donors (Lipinski definition) is 1. The summed E-state index contributed by atoms with van der Waals surface area (Å²) in [5.41, 5.74) is -0.787. The lowest BCUT2D eigenvalue weighted by Crippen LogP contribution is -2.67. The Morgan fingerprint density at radius 3 is 2.59 bits per heavy atom. The summed E-state index contributed by atoms with van der Waals surface area (Å²) in [4.78, 5) is 25.5. The fourth-order valence-electron chi connectivity index (χ4n) is 1.97. The number of rotatable bonds is 5. The highest BCUT2D eigenvalue weighted by molar-refractivity contribution is 5.99. The molecule has 1 saturated heterocycles. The highest BCUT2D eigenvalue weighted by atomic mass is 16.5. The standard InChI is InChI=1S/C12H22N2O3/c1-9-10(15)13-12(2,3)11(16)14(9)7-5-6-8-17-4/h9H,5-8H2,1-4H3,(H,13,15).